The van der Waals surface area contributed by atoms with E-state index in [0.29, 0.717) is 18.8 Å². The first-order valence-corrected chi connectivity index (χ1v) is 8.85. The number of imide groups is 1. The number of nitrogens with zero attached hydrogens (tertiary/aromatic N) is 1. The van der Waals surface area contributed by atoms with Crippen molar-refractivity contribution in [1.82, 2.24) is 5.32 Å². The van der Waals surface area contributed by atoms with Crippen LogP contribution in [0.4, 0.5) is 5.69 Å². The van der Waals surface area contributed by atoms with Crippen LogP contribution in [0.5, 0.6) is 0 Å². The van der Waals surface area contributed by atoms with Gasteiger partial charge in [-0.25, -0.2) is 0 Å². The highest BCUT2D eigenvalue weighted by Gasteiger charge is 2.31. The summed E-state index contributed by atoms with van der Waals surface area (Å²) in [4.78, 5) is 25.6. The van der Waals surface area contributed by atoms with Crippen LogP contribution in [0.3, 0.4) is 0 Å². The molecule has 6 nitrogen and oxygen atoms in total. The maximum absolute atomic E-state index is 12.0. The highest BCUT2D eigenvalue weighted by atomic mass is 16.7. The minimum Gasteiger partial charge on any atom is -0.459 e. The van der Waals surface area contributed by atoms with Gasteiger partial charge in [-0.15, -0.1) is 0 Å². The maximum Gasteiger partial charge on any atom is 0.242 e. The fourth-order valence-corrected chi connectivity index (χ4v) is 3.83. The number of hydrogen-bond donors (Lipinski definition) is 1. The van der Waals surface area contributed by atoms with Crippen molar-refractivity contribution < 1.29 is 19.1 Å². The smallest absolute Gasteiger partial charge is 0.242 e. The Balaban J connectivity index is 1.36. The Kier molecular flexibility index (Phi) is 4.34. The van der Waals surface area contributed by atoms with Gasteiger partial charge in [-0.3, -0.25) is 14.9 Å². The zero-order valence-electron chi connectivity index (χ0n) is 14.0. The van der Waals surface area contributed by atoms with Crippen LogP contribution < -0.4 is 10.2 Å². The van der Waals surface area contributed by atoms with Crippen LogP contribution in [-0.4, -0.2) is 31.2 Å². The number of rotatable bonds is 3. The van der Waals surface area contributed by atoms with E-state index in [1.807, 2.05) is 12.1 Å². The van der Waals surface area contributed by atoms with E-state index in [4.69, 9.17) is 9.47 Å². The molecule has 2 saturated heterocycles. The van der Waals surface area contributed by atoms with Crippen LogP contribution in [0.1, 0.15) is 37.2 Å². The van der Waals surface area contributed by atoms with Crippen LogP contribution in [-0.2, 0) is 19.1 Å². The lowest BCUT2D eigenvalue weighted by molar-refractivity contribution is -0.134. The minimum absolute atomic E-state index is 0.128. The third kappa shape index (κ3) is 3.34. The fraction of sp³-hybridized carbons (Fsp3) is 0.474. The summed E-state index contributed by atoms with van der Waals surface area (Å²) in [7, 11) is 0. The molecule has 1 aromatic carbocycles. The lowest BCUT2D eigenvalue weighted by atomic mass is 9.90. The summed E-state index contributed by atoms with van der Waals surface area (Å²) >= 11 is 0. The topological polar surface area (TPSA) is 67.9 Å². The van der Waals surface area contributed by atoms with E-state index in [1.54, 1.807) is 12.5 Å². The van der Waals surface area contributed by atoms with Gasteiger partial charge in [-0.05, 0) is 37.0 Å². The Morgan fingerprint density at radius 1 is 0.960 bits per heavy atom. The average Bonchev–Trinajstić information content (AvgIpc) is 3.17. The molecule has 1 unspecified atom stereocenters. The lowest BCUT2D eigenvalue weighted by Gasteiger charge is -2.35. The molecule has 3 heterocycles. The Morgan fingerprint density at radius 2 is 1.64 bits per heavy atom. The summed E-state index contributed by atoms with van der Waals surface area (Å²) in [5, 5.41) is 2.42. The van der Waals surface area contributed by atoms with Gasteiger partial charge in [-0.2, -0.15) is 0 Å². The average molecular weight is 342 g/mol. The predicted molar refractivity (Wildman–Crippen MR) is 91.6 cm³/mol. The second kappa shape index (κ2) is 6.78. The normalized spacial score (nSPS) is 24.8. The molecular formula is C19H22N2O4. The van der Waals surface area contributed by atoms with E-state index in [9.17, 15) is 9.59 Å². The molecule has 1 aromatic rings. The molecule has 0 saturated carbocycles. The van der Waals surface area contributed by atoms with Crippen molar-refractivity contribution >= 4 is 17.5 Å². The Morgan fingerprint density at radius 3 is 2.28 bits per heavy atom. The van der Waals surface area contributed by atoms with Crippen molar-refractivity contribution in [2.75, 3.05) is 18.0 Å². The first kappa shape index (κ1) is 16.0. The monoisotopic (exact) mass is 342 g/mol. The predicted octanol–water partition coefficient (Wildman–Crippen LogP) is 2.27. The first-order chi connectivity index (χ1) is 12.2. The Bertz CT molecular complexity index is 669. The fourth-order valence-electron chi connectivity index (χ4n) is 3.83. The number of carbonyl (C=O) groups excluding carboxylic acids is 2. The quantitative estimate of drug-likeness (QED) is 0.854. The van der Waals surface area contributed by atoms with Crippen LogP contribution in [0, 0.1) is 5.92 Å². The molecule has 0 aromatic heterocycles. The van der Waals surface area contributed by atoms with Gasteiger partial charge in [0.25, 0.3) is 0 Å². The summed E-state index contributed by atoms with van der Waals surface area (Å²) in [6.45, 7) is 1.93. The van der Waals surface area contributed by atoms with Crippen molar-refractivity contribution in [3.63, 3.8) is 0 Å². The number of benzene rings is 1. The van der Waals surface area contributed by atoms with E-state index in [0.717, 1.165) is 31.5 Å². The van der Waals surface area contributed by atoms with E-state index in [-0.39, 0.29) is 24.0 Å². The van der Waals surface area contributed by atoms with Gasteiger partial charge < -0.3 is 14.4 Å². The zero-order chi connectivity index (χ0) is 17.2. The molecule has 0 aliphatic carbocycles. The molecule has 1 atom stereocenters. The summed E-state index contributed by atoms with van der Waals surface area (Å²) in [5.41, 5.74) is 2.14. The van der Waals surface area contributed by atoms with E-state index in [1.165, 1.54) is 5.69 Å². The van der Waals surface area contributed by atoms with E-state index < -0.39 is 0 Å². The van der Waals surface area contributed by atoms with Gasteiger partial charge in [-0.1, -0.05) is 12.1 Å². The first-order valence-electron chi connectivity index (χ1n) is 8.85. The molecule has 0 spiro atoms. The molecule has 6 heteroatoms. The second-order valence-corrected chi connectivity index (χ2v) is 6.83. The molecular weight excluding hydrogens is 320 g/mol. The van der Waals surface area contributed by atoms with Gasteiger partial charge in [0.1, 0.15) is 12.5 Å². The van der Waals surface area contributed by atoms with Crippen molar-refractivity contribution in [3.8, 4) is 0 Å². The van der Waals surface area contributed by atoms with E-state index in [2.05, 4.69) is 22.3 Å². The van der Waals surface area contributed by atoms with Crippen molar-refractivity contribution in [3.05, 3.63) is 42.4 Å². The molecule has 4 rings (SSSR count). The van der Waals surface area contributed by atoms with Crippen LogP contribution in [0.25, 0.3) is 0 Å². The molecule has 0 radical (unpaired) electrons. The Labute approximate surface area is 146 Å². The van der Waals surface area contributed by atoms with Gasteiger partial charge >= 0.3 is 0 Å². The minimum atomic E-state index is -0.221. The number of ether oxygens (including phenoxy) is 2. The highest BCUT2D eigenvalue weighted by Crippen LogP contribution is 2.31. The molecule has 25 heavy (non-hydrogen) atoms. The molecule has 2 fully saturated rings. The summed E-state index contributed by atoms with van der Waals surface area (Å²) in [6, 6.07) is 8.16. The molecule has 132 valence electrons. The molecule has 1 N–H and O–H groups in total. The number of hydrogen-bond acceptors (Lipinski definition) is 5. The second-order valence-electron chi connectivity index (χ2n) is 6.83. The number of nitrogens with one attached hydrogen (secondary N) is 1. The highest BCUT2D eigenvalue weighted by molar-refractivity contribution is 6.00. The van der Waals surface area contributed by atoms with Gasteiger partial charge in [0.15, 0.2) is 0 Å². The summed E-state index contributed by atoms with van der Waals surface area (Å²) in [6.07, 6.45) is 6.16. The third-order valence-electron chi connectivity index (χ3n) is 5.31. The SMILES string of the molecule is O=C1CCC(c2ccc(N3CCC(C4OC=CO4)CC3)cc2)C(=O)N1. The molecule has 0 bridgehead atoms. The number of carbonyl (C=O) groups is 2. The number of anilines is 1. The molecule has 3 aliphatic rings. The van der Waals surface area contributed by atoms with Gasteiger partial charge in [0.05, 0.1) is 5.92 Å². The Hall–Kier alpha value is -2.50. The third-order valence-corrected chi connectivity index (χ3v) is 5.31. The van der Waals surface area contributed by atoms with Crippen LogP contribution in [0.2, 0.25) is 0 Å². The largest absolute Gasteiger partial charge is 0.459 e. The summed E-state index contributed by atoms with van der Waals surface area (Å²) in [5.74, 6) is -0.156. The summed E-state index contributed by atoms with van der Waals surface area (Å²) < 4.78 is 10.9. The zero-order valence-corrected chi connectivity index (χ0v) is 14.0. The van der Waals surface area contributed by atoms with Crippen molar-refractivity contribution in [2.24, 2.45) is 5.92 Å². The standard InChI is InChI=1S/C19H22N2O4/c22-17-6-5-16(18(23)20-17)13-1-3-15(4-2-13)21-9-7-14(8-10-21)19-24-11-12-25-19/h1-4,11-12,14,16,19H,5-10H2,(H,20,22,23). The van der Waals surface area contributed by atoms with Gasteiger partial charge in [0.2, 0.25) is 18.1 Å². The number of piperidine rings is 2. The lowest BCUT2D eigenvalue weighted by Crippen LogP contribution is -2.39. The molecule has 3 aliphatic heterocycles. The van der Waals surface area contributed by atoms with Crippen molar-refractivity contribution in [1.29, 1.82) is 0 Å². The van der Waals surface area contributed by atoms with Crippen molar-refractivity contribution in [2.45, 2.75) is 37.9 Å². The van der Waals surface area contributed by atoms with Gasteiger partial charge in [0, 0.05) is 31.1 Å². The maximum atomic E-state index is 12.0. The molecule has 2 amide bonds. The van der Waals surface area contributed by atoms with Crippen LogP contribution >= 0.6 is 0 Å². The number of amides is 2. The van der Waals surface area contributed by atoms with E-state index >= 15 is 0 Å². The van der Waals surface area contributed by atoms with Crippen LogP contribution in [0.15, 0.2) is 36.8 Å².